The fourth-order valence-electron chi connectivity index (χ4n) is 3.04. The van der Waals surface area contributed by atoms with E-state index < -0.39 is 0 Å². The highest BCUT2D eigenvalue weighted by atomic mass is 32.1. The standard InChI is InChI=1S/C15H26N2OS/c1-10(2)17-15(8-6-7-13(9-15)18-5)14-16-11(3)12(4)19-14/h10,13,17H,6-9H2,1-5H3. The molecule has 1 fully saturated rings. The minimum absolute atomic E-state index is 0.0107. The Balaban J connectivity index is 2.33. The lowest BCUT2D eigenvalue weighted by Gasteiger charge is -2.41. The first kappa shape index (κ1) is 14.9. The average molecular weight is 282 g/mol. The lowest BCUT2D eigenvalue weighted by atomic mass is 9.80. The summed E-state index contributed by atoms with van der Waals surface area (Å²) in [6.45, 7) is 8.70. The molecule has 2 atom stereocenters. The van der Waals surface area contributed by atoms with Gasteiger partial charge in [-0.1, -0.05) is 0 Å². The van der Waals surface area contributed by atoms with E-state index in [4.69, 9.17) is 9.72 Å². The molecule has 0 radical (unpaired) electrons. The Kier molecular flexibility index (Phi) is 4.64. The van der Waals surface area contributed by atoms with Crippen molar-refractivity contribution in [3.05, 3.63) is 15.6 Å². The summed E-state index contributed by atoms with van der Waals surface area (Å²) in [7, 11) is 1.83. The highest BCUT2D eigenvalue weighted by Gasteiger charge is 2.40. The summed E-state index contributed by atoms with van der Waals surface area (Å²) >= 11 is 1.85. The summed E-state index contributed by atoms with van der Waals surface area (Å²) in [5, 5.41) is 5.03. The molecule has 0 aliphatic heterocycles. The number of hydrogen-bond acceptors (Lipinski definition) is 4. The third-order valence-electron chi connectivity index (χ3n) is 4.04. The molecule has 1 aliphatic carbocycles. The lowest BCUT2D eigenvalue weighted by molar-refractivity contribution is 0.0264. The summed E-state index contributed by atoms with van der Waals surface area (Å²) in [5.74, 6) is 0. The van der Waals surface area contributed by atoms with Crippen molar-refractivity contribution in [1.29, 1.82) is 0 Å². The molecule has 2 unspecified atom stereocenters. The van der Waals surface area contributed by atoms with Gasteiger partial charge in [-0.25, -0.2) is 4.98 Å². The van der Waals surface area contributed by atoms with Crippen molar-refractivity contribution in [3.8, 4) is 0 Å². The molecule has 0 bridgehead atoms. The second-order valence-electron chi connectivity index (χ2n) is 6.00. The molecular weight excluding hydrogens is 256 g/mol. The fourth-order valence-corrected chi connectivity index (χ4v) is 4.15. The molecule has 2 rings (SSSR count). The molecule has 0 saturated heterocycles. The SMILES string of the molecule is COC1CCCC(NC(C)C)(c2nc(C)c(C)s2)C1. The van der Waals surface area contributed by atoms with Crippen LogP contribution < -0.4 is 5.32 Å². The summed E-state index contributed by atoms with van der Waals surface area (Å²) in [5.41, 5.74) is 1.18. The van der Waals surface area contributed by atoms with Crippen LogP contribution in [0, 0.1) is 13.8 Å². The third kappa shape index (κ3) is 3.18. The maximum absolute atomic E-state index is 5.62. The van der Waals surface area contributed by atoms with Gasteiger partial charge in [0.25, 0.3) is 0 Å². The van der Waals surface area contributed by atoms with E-state index >= 15 is 0 Å². The van der Waals surface area contributed by atoms with Gasteiger partial charge in [0.1, 0.15) is 5.01 Å². The molecule has 1 aliphatic rings. The van der Waals surface area contributed by atoms with Gasteiger partial charge in [-0.3, -0.25) is 0 Å². The van der Waals surface area contributed by atoms with E-state index in [0.717, 1.165) is 12.8 Å². The number of hydrogen-bond donors (Lipinski definition) is 1. The zero-order valence-electron chi connectivity index (χ0n) is 12.7. The number of ether oxygens (including phenoxy) is 1. The quantitative estimate of drug-likeness (QED) is 0.917. The highest BCUT2D eigenvalue weighted by molar-refractivity contribution is 7.11. The van der Waals surface area contributed by atoms with Gasteiger partial charge in [0.2, 0.25) is 0 Å². The van der Waals surface area contributed by atoms with Crippen molar-refractivity contribution < 1.29 is 4.74 Å². The number of methoxy groups -OCH3 is 1. The van der Waals surface area contributed by atoms with Crippen molar-refractivity contribution in [3.63, 3.8) is 0 Å². The van der Waals surface area contributed by atoms with Gasteiger partial charge in [0.05, 0.1) is 17.3 Å². The Morgan fingerprint density at radius 3 is 2.68 bits per heavy atom. The number of nitrogens with zero attached hydrogens (tertiary/aromatic N) is 1. The van der Waals surface area contributed by atoms with Crippen LogP contribution in [-0.4, -0.2) is 24.2 Å². The second kappa shape index (κ2) is 5.90. The molecule has 108 valence electrons. The topological polar surface area (TPSA) is 34.1 Å². The number of rotatable bonds is 4. The second-order valence-corrected chi connectivity index (χ2v) is 7.20. The molecule has 3 nitrogen and oxygen atoms in total. The summed E-state index contributed by atoms with van der Waals surface area (Å²) in [6, 6.07) is 0.458. The normalized spacial score (nSPS) is 28.0. The van der Waals surface area contributed by atoms with E-state index in [1.165, 1.54) is 28.4 Å². The number of nitrogens with one attached hydrogen (secondary N) is 1. The molecule has 0 spiro atoms. The van der Waals surface area contributed by atoms with E-state index in [-0.39, 0.29) is 5.54 Å². The largest absolute Gasteiger partial charge is 0.381 e. The van der Waals surface area contributed by atoms with Crippen molar-refractivity contribution in [1.82, 2.24) is 10.3 Å². The molecule has 0 amide bonds. The molecule has 1 N–H and O–H groups in total. The first-order valence-electron chi connectivity index (χ1n) is 7.22. The summed E-state index contributed by atoms with van der Waals surface area (Å²) in [4.78, 5) is 6.16. The van der Waals surface area contributed by atoms with Crippen LogP contribution in [0.25, 0.3) is 0 Å². The smallest absolute Gasteiger partial charge is 0.113 e. The van der Waals surface area contributed by atoms with Gasteiger partial charge in [0.15, 0.2) is 0 Å². The van der Waals surface area contributed by atoms with E-state index in [2.05, 4.69) is 33.0 Å². The van der Waals surface area contributed by atoms with Crippen LogP contribution in [0.1, 0.15) is 55.1 Å². The van der Waals surface area contributed by atoms with Gasteiger partial charge in [0, 0.05) is 18.0 Å². The zero-order chi connectivity index (χ0) is 14.0. The molecule has 1 aromatic rings. The number of aromatic nitrogens is 1. The van der Waals surface area contributed by atoms with Crippen LogP contribution in [0.5, 0.6) is 0 Å². The van der Waals surface area contributed by atoms with Crippen LogP contribution >= 0.6 is 11.3 Å². The van der Waals surface area contributed by atoms with Gasteiger partial charge in [-0.15, -0.1) is 11.3 Å². The van der Waals surface area contributed by atoms with Crippen LogP contribution in [0.3, 0.4) is 0 Å². The maximum atomic E-state index is 5.62. The Bertz CT molecular complexity index is 410. The maximum Gasteiger partial charge on any atom is 0.113 e. The minimum atomic E-state index is 0.0107. The average Bonchev–Trinajstić information content (AvgIpc) is 2.69. The molecule has 1 aromatic heterocycles. The Labute approximate surface area is 120 Å². The molecule has 4 heteroatoms. The predicted octanol–water partition coefficient (Wildman–Crippen LogP) is 3.54. The Hall–Kier alpha value is -0.450. The molecular formula is C15H26N2OS. The monoisotopic (exact) mass is 282 g/mol. The molecule has 19 heavy (non-hydrogen) atoms. The highest BCUT2D eigenvalue weighted by Crippen LogP contribution is 2.40. The lowest BCUT2D eigenvalue weighted by Crippen LogP contribution is -2.50. The van der Waals surface area contributed by atoms with Crippen LogP contribution in [0.2, 0.25) is 0 Å². The summed E-state index contributed by atoms with van der Waals surface area (Å²) in [6.07, 6.45) is 4.92. The van der Waals surface area contributed by atoms with Crippen molar-refractivity contribution in [2.75, 3.05) is 7.11 Å². The number of thiazole rings is 1. The number of aryl methyl sites for hydroxylation is 2. The van der Waals surface area contributed by atoms with Gasteiger partial charge >= 0.3 is 0 Å². The minimum Gasteiger partial charge on any atom is -0.381 e. The van der Waals surface area contributed by atoms with Gasteiger partial charge in [-0.2, -0.15) is 0 Å². The Morgan fingerprint density at radius 1 is 1.42 bits per heavy atom. The predicted molar refractivity (Wildman–Crippen MR) is 80.8 cm³/mol. The van der Waals surface area contributed by atoms with E-state index in [9.17, 15) is 0 Å². The zero-order valence-corrected chi connectivity index (χ0v) is 13.6. The molecule has 1 heterocycles. The summed E-state index contributed by atoms with van der Waals surface area (Å²) < 4.78 is 5.62. The van der Waals surface area contributed by atoms with E-state index in [1.54, 1.807) is 0 Å². The van der Waals surface area contributed by atoms with E-state index in [0.29, 0.717) is 12.1 Å². The first-order valence-corrected chi connectivity index (χ1v) is 8.03. The van der Waals surface area contributed by atoms with Crippen molar-refractivity contribution in [2.45, 2.75) is 71.1 Å². The van der Waals surface area contributed by atoms with Gasteiger partial charge in [-0.05, 0) is 53.4 Å². The Morgan fingerprint density at radius 2 is 2.16 bits per heavy atom. The third-order valence-corrected chi connectivity index (χ3v) is 5.32. The molecule has 0 aromatic carbocycles. The van der Waals surface area contributed by atoms with Crippen LogP contribution in [-0.2, 0) is 10.3 Å². The van der Waals surface area contributed by atoms with Crippen LogP contribution in [0.4, 0.5) is 0 Å². The van der Waals surface area contributed by atoms with Crippen molar-refractivity contribution in [2.24, 2.45) is 0 Å². The van der Waals surface area contributed by atoms with Gasteiger partial charge < -0.3 is 10.1 Å². The fraction of sp³-hybridized carbons (Fsp3) is 0.800. The van der Waals surface area contributed by atoms with Crippen molar-refractivity contribution >= 4 is 11.3 Å². The van der Waals surface area contributed by atoms with Crippen LogP contribution in [0.15, 0.2) is 0 Å². The first-order chi connectivity index (χ1) is 8.97. The molecule has 1 saturated carbocycles. The van der Waals surface area contributed by atoms with E-state index in [1.807, 2.05) is 18.4 Å².